The van der Waals surface area contributed by atoms with E-state index in [0.717, 1.165) is 17.8 Å². The minimum absolute atomic E-state index is 0.0154. The third-order valence-electron chi connectivity index (χ3n) is 2.27. The summed E-state index contributed by atoms with van der Waals surface area (Å²) in [7, 11) is 0. The van der Waals surface area contributed by atoms with E-state index in [0.29, 0.717) is 0 Å². The van der Waals surface area contributed by atoms with Crippen LogP contribution in [0.15, 0.2) is 12.7 Å². The fraction of sp³-hybridized carbons (Fsp3) is 0.615. The number of rotatable bonds is 8. The lowest BCUT2D eigenvalue weighted by Crippen LogP contribution is -2.33. The molecule has 0 atom stereocenters. The van der Waals surface area contributed by atoms with Gasteiger partial charge in [0, 0.05) is 11.8 Å². The molecule has 0 radical (unpaired) electrons. The van der Waals surface area contributed by atoms with Crippen LogP contribution in [0.3, 0.4) is 0 Å². The molecule has 0 unspecified atom stereocenters. The molecule has 1 fully saturated rings. The van der Waals surface area contributed by atoms with Gasteiger partial charge in [0.2, 0.25) is 0 Å². The fourth-order valence-corrected chi connectivity index (χ4v) is 1.82. The predicted octanol–water partition coefficient (Wildman–Crippen LogP) is 1.11. The van der Waals surface area contributed by atoms with Crippen molar-refractivity contribution in [3.8, 4) is 0 Å². The van der Waals surface area contributed by atoms with Gasteiger partial charge in [-0.05, 0) is 11.8 Å². The first-order chi connectivity index (χ1) is 11.1. The van der Waals surface area contributed by atoms with Crippen LogP contribution in [0.5, 0.6) is 0 Å². The molecule has 0 spiro atoms. The molecule has 1 rings (SSSR count). The molecule has 0 aliphatic carbocycles. The van der Waals surface area contributed by atoms with E-state index in [-0.39, 0.29) is 45.6 Å². The average molecular weight is 350 g/mol. The molecule has 9 nitrogen and oxygen atoms in total. The van der Waals surface area contributed by atoms with Crippen LogP contribution in [0.25, 0.3) is 0 Å². The first kappa shape index (κ1) is 19.3. The van der Waals surface area contributed by atoms with E-state index >= 15 is 0 Å². The number of hydrogen-bond acceptors (Lipinski definition) is 10. The summed E-state index contributed by atoms with van der Waals surface area (Å²) in [6.07, 6.45) is -0.333. The minimum atomic E-state index is -0.852. The Morgan fingerprint density at radius 1 is 1.09 bits per heavy atom. The van der Waals surface area contributed by atoms with Crippen LogP contribution in [0.4, 0.5) is 9.59 Å². The molecule has 23 heavy (non-hydrogen) atoms. The molecular formula is C13H18O9S. The van der Waals surface area contributed by atoms with Gasteiger partial charge in [0.15, 0.2) is 6.10 Å². The standard InChI is InChI=1S/C13H18O9S/c1-2-11(14)19-3-4-21-13(16)23-6-5-20-12(15)22-10-7-17-9-18-8-10/h2,10H,1,3-9H2. The summed E-state index contributed by atoms with van der Waals surface area (Å²) in [6, 6.07) is 0. The van der Waals surface area contributed by atoms with Gasteiger partial charge in [-0.2, -0.15) is 0 Å². The molecule has 1 heterocycles. The topological polar surface area (TPSA) is 107 Å². The molecular weight excluding hydrogens is 332 g/mol. The Hall–Kier alpha value is -1.78. The smallest absolute Gasteiger partial charge is 0.459 e. The second-order valence-corrected chi connectivity index (χ2v) is 5.05. The first-order valence-corrected chi connectivity index (χ1v) is 7.68. The molecule has 0 amide bonds. The van der Waals surface area contributed by atoms with Crippen LogP contribution in [0, 0.1) is 0 Å². The number of ether oxygens (including phenoxy) is 6. The van der Waals surface area contributed by atoms with Crippen molar-refractivity contribution < 1.29 is 42.8 Å². The summed E-state index contributed by atoms with van der Waals surface area (Å²) in [4.78, 5) is 33.3. The summed E-state index contributed by atoms with van der Waals surface area (Å²) in [5.41, 5.74) is 0. The largest absolute Gasteiger partial charge is 0.508 e. The second kappa shape index (κ2) is 11.7. The van der Waals surface area contributed by atoms with Crippen molar-refractivity contribution in [1.29, 1.82) is 0 Å². The zero-order valence-electron chi connectivity index (χ0n) is 12.4. The fourth-order valence-electron chi connectivity index (χ4n) is 1.32. The van der Waals surface area contributed by atoms with Crippen molar-refractivity contribution >= 4 is 29.2 Å². The average Bonchev–Trinajstić information content (AvgIpc) is 2.56. The zero-order chi connectivity index (χ0) is 16.9. The van der Waals surface area contributed by atoms with E-state index in [9.17, 15) is 14.4 Å². The maximum absolute atomic E-state index is 11.3. The number of hydrogen-bond donors (Lipinski definition) is 0. The van der Waals surface area contributed by atoms with Gasteiger partial charge in [0.05, 0.1) is 13.2 Å². The quantitative estimate of drug-likeness (QED) is 0.273. The molecule has 1 aliphatic heterocycles. The molecule has 10 heteroatoms. The van der Waals surface area contributed by atoms with E-state index in [4.69, 9.17) is 23.7 Å². The summed E-state index contributed by atoms with van der Waals surface area (Å²) in [5.74, 6) is -0.382. The highest BCUT2D eigenvalue weighted by molar-refractivity contribution is 8.13. The molecule has 130 valence electrons. The highest BCUT2D eigenvalue weighted by Gasteiger charge is 2.19. The third kappa shape index (κ3) is 9.76. The molecule has 1 aliphatic rings. The molecule has 0 aromatic carbocycles. The van der Waals surface area contributed by atoms with Gasteiger partial charge in [-0.3, -0.25) is 0 Å². The Kier molecular flexibility index (Phi) is 9.84. The summed E-state index contributed by atoms with van der Waals surface area (Å²) in [5, 5.41) is -0.564. The van der Waals surface area contributed by atoms with Crippen LogP contribution in [-0.2, 0) is 33.2 Å². The Morgan fingerprint density at radius 3 is 2.48 bits per heavy atom. The maximum atomic E-state index is 11.3. The van der Waals surface area contributed by atoms with Gasteiger partial charge < -0.3 is 28.4 Å². The van der Waals surface area contributed by atoms with E-state index < -0.39 is 23.5 Å². The van der Waals surface area contributed by atoms with Gasteiger partial charge in [0.25, 0.3) is 0 Å². The first-order valence-electron chi connectivity index (χ1n) is 6.69. The Balaban J connectivity index is 1.96. The van der Waals surface area contributed by atoms with Crippen molar-refractivity contribution in [2.24, 2.45) is 0 Å². The third-order valence-corrected chi connectivity index (χ3v) is 3.00. The Labute approximate surface area is 137 Å². The van der Waals surface area contributed by atoms with Crippen LogP contribution >= 0.6 is 11.8 Å². The minimum Gasteiger partial charge on any atom is -0.459 e. The van der Waals surface area contributed by atoms with E-state index in [1.807, 2.05) is 0 Å². The molecule has 0 aromatic heterocycles. The molecule has 0 bridgehead atoms. The van der Waals surface area contributed by atoms with Gasteiger partial charge in [-0.1, -0.05) is 6.58 Å². The molecule has 1 saturated heterocycles. The van der Waals surface area contributed by atoms with Gasteiger partial charge >= 0.3 is 17.4 Å². The highest BCUT2D eigenvalue weighted by atomic mass is 32.2. The zero-order valence-corrected chi connectivity index (χ0v) is 13.2. The predicted molar refractivity (Wildman–Crippen MR) is 78.0 cm³/mol. The van der Waals surface area contributed by atoms with E-state index in [2.05, 4.69) is 11.3 Å². The Bertz CT molecular complexity index is 406. The van der Waals surface area contributed by atoms with E-state index in [1.54, 1.807) is 0 Å². The van der Waals surface area contributed by atoms with Crippen LogP contribution in [0.2, 0.25) is 0 Å². The van der Waals surface area contributed by atoms with Crippen molar-refractivity contribution in [3.63, 3.8) is 0 Å². The number of esters is 1. The monoisotopic (exact) mass is 350 g/mol. The van der Waals surface area contributed by atoms with Crippen LogP contribution < -0.4 is 0 Å². The maximum Gasteiger partial charge on any atom is 0.508 e. The van der Waals surface area contributed by atoms with Gasteiger partial charge in [-0.25, -0.2) is 14.4 Å². The highest BCUT2D eigenvalue weighted by Crippen LogP contribution is 2.07. The Morgan fingerprint density at radius 2 is 1.78 bits per heavy atom. The second-order valence-electron chi connectivity index (χ2n) is 4.02. The van der Waals surface area contributed by atoms with Gasteiger partial charge in [0.1, 0.15) is 26.6 Å². The van der Waals surface area contributed by atoms with E-state index in [1.165, 1.54) is 0 Å². The normalized spacial score (nSPS) is 14.6. The lowest BCUT2D eigenvalue weighted by Gasteiger charge is -2.21. The number of carbonyl (C=O) groups excluding carboxylic acids is 3. The SMILES string of the molecule is C=CC(=O)OCCOC(=O)SCCOC(=O)OC1COCOC1. The number of thioether (sulfide) groups is 1. The summed E-state index contributed by atoms with van der Waals surface area (Å²) in [6.45, 7) is 3.79. The van der Waals surface area contributed by atoms with Crippen LogP contribution in [0.1, 0.15) is 0 Å². The summed E-state index contributed by atoms with van der Waals surface area (Å²) >= 11 is 0.825. The van der Waals surface area contributed by atoms with Gasteiger partial charge in [-0.15, -0.1) is 0 Å². The molecule has 0 saturated carbocycles. The van der Waals surface area contributed by atoms with Crippen molar-refractivity contribution in [2.45, 2.75) is 6.10 Å². The number of carbonyl (C=O) groups is 3. The lowest BCUT2D eigenvalue weighted by molar-refractivity contribution is -0.157. The van der Waals surface area contributed by atoms with Crippen LogP contribution in [-0.4, -0.2) is 69.1 Å². The summed E-state index contributed by atoms with van der Waals surface area (Å²) < 4.78 is 29.0. The lowest BCUT2D eigenvalue weighted by atomic mass is 10.4. The van der Waals surface area contributed by atoms with Crippen molar-refractivity contribution in [2.75, 3.05) is 45.6 Å². The van der Waals surface area contributed by atoms with Crippen molar-refractivity contribution in [3.05, 3.63) is 12.7 Å². The molecule has 0 N–H and O–H groups in total. The van der Waals surface area contributed by atoms with Crippen molar-refractivity contribution in [1.82, 2.24) is 0 Å². The molecule has 0 aromatic rings.